The lowest BCUT2D eigenvalue weighted by Gasteiger charge is -2.28. The molecule has 0 aromatic heterocycles. The maximum absolute atomic E-state index is 12.5. The standard InChI is InChI=1S/C20H28N2O5/c1-14(23)22-12-16(21(5)19(25)27-20(2,3)4)11-17(22)18(24)26-13-15-9-7-6-8-10-15/h6-10,16-17H,11-13H2,1-5H3/t16-,17+/m1/s1. The van der Waals surface area contributed by atoms with E-state index in [0.717, 1.165) is 5.56 Å². The second-order valence-corrected chi connectivity index (χ2v) is 7.76. The molecule has 0 N–H and O–H groups in total. The minimum Gasteiger partial charge on any atom is -0.459 e. The smallest absolute Gasteiger partial charge is 0.410 e. The van der Waals surface area contributed by atoms with Crippen LogP contribution in [0.1, 0.15) is 39.7 Å². The van der Waals surface area contributed by atoms with E-state index in [-0.39, 0.29) is 25.1 Å². The molecule has 1 heterocycles. The van der Waals surface area contributed by atoms with Crippen LogP contribution in [0.4, 0.5) is 4.79 Å². The van der Waals surface area contributed by atoms with Crippen LogP contribution in [-0.2, 0) is 25.7 Å². The van der Waals surface area contributed by atoms with Crippen LogP contribution in [0.5, 0.6) is 0 Å². The molecule has 0 unspecified atom stereocenters. The van der Waals surface area contributed by atoms with Gasteiger partial charge in [0, 0.05) is 26.9 Å². The Morgan fingerprint density at radius 3 is 2.37 bits per heavy atom. The summed E-state index contributed by atoms with van der Waals surface area (Å²) in [6, 6.07) is 8.34. The quantitative estimate of drug-likeness (QED) is 0.755. The van der Waals surface area contributed by atoms with Crippen LogP contribution < -0.4 is 0 Å². The number of benzene rings is 1. The summed E-state index contributed by atoms with van der Waals surface area (Å²) in [6.45, 7) is 7.20. The van der Waals surface area contributed by atoms with E-state index in [9.17, 15) is 14.4 Å². The summed E-state index contributed by atoms with van der Waals surface area (Å²) in [6.07, 6.45) is -0.155. The molecule has 0 radical (unpaired) electrons. The van der Waals surface area contributed by atoms with E-state index in [2.05, 4.69) is 0 Å². The highest BCUT2D eigenvalue weighted by atomic mass is 16.6. The van der Waals surface area contributed by atoms with Crippen molar-refractivity contribution in [2.45, 2.75) is 58.4 Å². The zero-order valence-electron chi connectivity index (χ0n) is 16.6. The van der Waals surface area contributed by atoms with E-state index in [0.29, 0.717) is 6.42 Å². The monoisotopic (exact) mass is 376 g/mol. The molecule has 1 aliphatic heterocycles. The topological polar surface area (TPSA) is 76.2 Å². The number of nitrogens with zero attached hydrogens (tertiary/aromatic N) is 2. The Bertz CT molecular complexity index is 683. The minimum absolute atomic E-state index is 0.147. The summed E-state index contributed by atoms with van der Waals surface area (Å²) in [5.74, 6) is -0.689. The van der Waals surface area contributed by atoms with E-state index in [4.69, 9.17) is 9.47 Å². The van der Waals surface area contributed by atoms with E-state index in [1.54, 1.807) is 27.8 Å². The number of likely N-dealkylation sites (tertiary alicyclic amines) is 1. The highest BCUT2D eigenvalue weighted by Crippen LogP contribution is 2.24. The highest BCUT2D eigenvalue weighted by molar-refractivity contribution is 5.84. The van der Waals surface area contributed by atoms with Gasteiger partial charge >= 0.3 is 12.1 Å². The van der Waals surface area contributed by atoms with Gasteiger partial charge in [0.15, 0.2) is 0 Å². The van der Waals surface area contributed by atoms with Gasteiger partial charge in [-0.1, -0.05) is 30.3 Å². The summed E-state index contributed by atoms with van der Waals surface area (Å²) in [7, 11) is 1.62. The molecule has 2 atom stereocenters. The van der Waals surface area contributed by atoms with Crippen molar-refractivity contribution in [3.8, 4) is 0 Å². The molecule has 7 heteroatoms. The molecular formula is C20H28N2O5. The van der Waals surface area contributed by atoms with Crippen LogP contribution in [0.2, 0.25) is 0 Å². The van der Waals surface area contributed by atoms with Crippen molar-refractivity contribution in [3.05, 3.63) is 35.9 Å². The number of rotatable bonds is 4. The van der Waals surface area contributed by atoms with E-state index in [1.165, 1.54) is 16.7 Å². The number of esters is 1. The van der Waals surface area contributed by atoms with Crippen LogP contribution in [0.3, 0.4) is 0 Å². The summed E-state index contributed by atoms with van der Waals surface area (Å²) >= 11 is 0. The van der Waals surface area contributed by atoms with Gasteiger partial charge in [0.05, 0.1) is 6.04 Å². The fraction of sp³-hybridized carbons (Fsp3) is 0.550. The normalized spacial score (nSPS) is 19.5. The number of likely N-dealkylation sites (N-methyl/N-ethyl adjacent to an activating group) is 1. The van der Waals surface area contributed by atoms with Gasteiger partial charge < -0.3 is 19.3 Å². The van der Waals surface area contributed by atoms with Crippen molar-refractivity contribution in [1.82, 2.24) is 9.80 Å². The van der Waals surface area contributed by atoms with Crippen molar-refractivity contribution in [2.24, 2.45) is 0 Å². The number of amides is 2. The maximum atomic E-state index is 12.5. The largest absolute Gasteiger partial charge is 0.459 e. The first-order valence-corrected chi connectivity index (χ1v) is 9.02. The summed E-state index contributed by atoms with van der Waals surface area (Å²) in [4.78, 5) is 39.7. The average Bonchev–Trinajstić information content (AvgIpc) is 3.04. The van der Waals surface area contributed by atoms with Crippen molar-refractivity contribution in [3.63, 3.8) is 0 Å². The third-order valence-corrected chi connectivity index (χ3v) is 4.41. The third-order valence-electron chi connectivity index (χ3n) is 4.41. The predicted octanol–water partition coefficient (Wildman–Crippen LogP) is 2.59. The first-order valence-electron chi connectivity index (χ1n) is 9.02. The first kappa shape index (κ1) is 20.7. The van der Waals surface area contributed by atoms with Crippen molar-refractivity contribution >= 4 is 18.0 Å². The Morgan fingerprint density at radius 2 is 1.81 bits per heavy atom. The van der Waals surface area contributed by atoms with Crippen LogP contribution in [0.25, 0.3) is 0 Å². The second-order valence-electron chi connectivity index (χ2n) is 7.76. The Balaban J connectivity index is 2.02. The summed E-state index contributed by atoms with van der Waals surface area (Å²) in [5.41, 5.74) is 0.263. The number of ether oxygens (including phenoxy) is 2. The lowest BCUT2D eigenvalue weighted by molar-refractivity contribution is -0.154. The van der Waals surface area contributed by atoms with Crippen LogP contribution in [0, 0.1) is 0 Å². The number of hydrogen-bond donors (Lipinski definition) is 0. The summed E-state index contributed by atoms with van der Waals surface area (Å²) < 4.78 is 10.8. The predicted molar refractivity (Wildman–Crippen MR) is 99.8 cm³/mol. The van der Waals surface area contributed by atoms with Gasteiger partial charge in [0.2, 0.25) is 5.91 Å². The lowest BCUT2D eigenvalue weighted by Crippen LogP contribution is -2.42. The van der Waals surface area contributed by atoms with E-state index >= 15 is 0 Å². The molecule has 0 saturated carbocycles. The third kappa shape index (κ3) is 5.70. The molecule has 1 fully saturated rings. The zero-order valence-corrected chi connectivity index (χ0v) is 16.6. The molecule has 0 spiro atoms. The fourth-order valence-electron chi connectivity index (χ4n) is 2.97. The molecule has 1 aliphatic rings. The number of hydrogen-bond acceptors (Lipinski definition) is 5. The molecule has 0 bridgehead atoms. The Kier molecular flexibility index (Phi) is 6.46. The minimum atomic E-state index is -0.707. The molecule has 27 heavy (non-hydrogen) atoms. The van der Waals surface area contributed by atoms with Crippen molar-refractivity contribution in [1.29, 1.82) is 0 Å². The average molecular weight is 376 g/mol. The Hall–Kier alpha value is -2.57. The Morgan fingerprint density at radius 1 is 1.19 bits per heavy atom. The number of carbonyl (C=O) groups excluding carboxylic acids is 3. The van der Waals surface area contributed by atoms with Gasteiger partial charge in [0.25, 0.3) is 0 Å². The van der Waals surface area contributed by atoms with Gasteiger partial charge in [0.1, 0.15) is 18.2 Å². The van der Waals surface area contributed by atoms with Crippen molar-refractivity contribution < 1.29 is 23.9 Å². The van der Waals surface area contributed by atoms with Crippen molar-refractivity contribution in [2.75, 3.05) is 13.6 Å². The van der Waals surface area contributed by atoms with Gasteiger partial charge in [-0.05, 0) is 26.3 Å². The zero-order chi connectivity index (χ0) is 20.2. The first-order chi connectivity index (χ1) is 12.6. The molecule has 2 amide bonds. The summed E-state index contributed by atoms with van der Waals surface area (Å²) in [5, 5.41) is 0. The maximum Gasteiger partial charge on any atom is 0.410 e. The molecule has 1 aromatic rings. The molecular weight excluding hydrogens is 348 g/mol. The van der Waals surface area contributed by atoms with E-state index < -0.39 is 23.7 Å². The molecule has 2 rings (SSSR count). The number of carbonyl (C=O) groups is 3. The van der Waals surface area contributed by atoms with E-state index in [1.807, 2.05) is 30.3 Å². The molecule has 148 valence electrons. The van der Waals surface area contributed by atoms with Crippen LogP contribution >= 0.6 is 0 Å². The van der Waals surface area contributed by atoms with Gasteiger partial charge in [-0.3, -0.25) is 4.79 Å². The molecule has 0 aliphatic carbocycles. The lowest BCUT2D eigenvalue weighted by atomic mass is 10.1. The Labute approximate surface area is 160 Å². The fourth-order valence-corrected chi connectivity index (χ4v) is 2.97. The van der Waals surface area contributed by atoms with Crippen LogP contribution in [0.15, 0.2) is 30.3 Å². The SMILES string of the molecule is CC(=O)N1C[C@H](N(C)C(=O)OC(C)(C)C)C[C@H]1C(=O)OCc1ccccc1. The van der Waals surface area contributed by atoms with Gasteiger partial charge in [-0.25, -0.2) is 9.59 Å². The molecule has 1 saturated heterocycles. The molecule has 1 aromatic carbocycles. The van der Waals surface area contributed by atoms with Gasteiger partial charge in [-0.2, -0.15) is 0 Å². The highest BCUT2D eigenvalue weighted by Gasteiger charge is 2.42. The van der Waals surface area contributed by atoms with Gasteiger partial charge in [-0.15, -0.1) is 0 Å². The second kappa shape index (κ2) is 8.41. The van der Waals surface area contributed by atoms with Crippen LogP contribution in [-0.4, -0.2) is 59.0 Å². The molecule has 7 nitrogen and oxygen atoms in total.